The van der Waals surface area contributed by atoms with Gasteiger partial charge in [-0.3, -0.25) is 9.89 Å². The van der Waals surface area contributed by atoms with Crippen LogP contribution in [0.5, 0.6) is 5.75 Å². The van der Waals surface area contributed by atoms with Crippen molar-refractivity contribution in [2.75, 3.05) is 13.2 Å². The molecule has 23 heavy (non-hydrogen) atoms. The van der Waals surface area contributed by atoms with Crippen molar-refractivity contribution in [2.45, 2.75) is 25.6 Å². The molecule has 0 unspecified atom stereocenters. The van der Waals surface area contributed by atoms with Crippen LogP contribution in [0.3, 0.4) is 0 Å². The summed E-state index contributed by atoms with van der Waals surface area (Å²) in [5.41, 5.74) is 0.928. The number of carbonyl (C=O) groups excluding carboxylic acids is 1. The van der Waals surface area contributed by atoms with Crippen LogP contribution in [0.1, 0.15) is 29.0 Å². The molecule has 1 aliphatic heterocycles. The van der Waals surface area contributed by atoms with Crippen molar-refractivity contribution >= 4 is 5.91 Å². The summed E-state index contributed by atoms with van der Waals surface area (Å²) in [6.45, 7) is 1.42. The number of amides is 1. The molecule has 2 aromatic rings. The minimum Gasteiger partial charge on any atom is -0.487 e. The number of nitrogens with zero attached hydrogens (tertiary/aromatic N) is 1. The molecule has 0 radical (unpaired) electrons. The van der Waals surface area contributed by atoms with Crippen molar-refractivity contribution < 1.29 is 18.7 Å². The highest BCUT2D eigenvalue weighted by Crippen LogP contribution is 2.14. The van der Waals surface area contributed by atoms with Gasteiger partial charge >= 0.3 is 0 Å². The molecular weight excluding hydrogens is 301 g/mol. The van der Waals surface area contributed by atoms with Crippen molar-refractivity contribution in [1.82, 2.24) is 15.5 Å². The lowest BCUT2D eigenvalue weighted by molar-refractivity contribution is 0.0853. The maximum atomic E-state index is 13.1. The van der Waals surface area contributed by atoms with Gasteiger partial charge in [0.2, 0.25) is 0 Å². The Morgan fingerprint density at radius 3 is 3.17 bits per heavy atom. The lowest BCUT2D eigenvalue weighted by Gasteiger charge is -2.09. The normalized spacial score (nSPS) is 17.2. The first-order chi connectivity index (χ1) is 11.2. The lowest BCUT2D eigenvalue weighted by Crippen LogP contribution is -2.31. The van der Waals surface area contributed by atoms with Gasteiger partial charge in [0.25, 0.3) is 5.91 Å². The number of hydrogen-bond donors (Lipinski definition) is 2. The fraction of sp³-hybridized carbons (Fsp3) is 0.375. The number of aromatic nitrogens is 2. The van der Waals surface area contributed by atoms with E-state index in [1.54, 1.807) is 18.2 Å². The highest BCUT2D eigenvalue weighted by atomic mass is 19.1. The van der Waals surface area contributed by atoms with Crippen LogP contribution >= 0.6 is 0 Å². The fourth-order valence-electron chi connectivity index (χ4n) is 2.37. The first-order valence-electron chi connectivity index (χ1n) is 7.53. The zero-order valence-corrected chi connectivity index (χ0v) is 12.5. The minimum atomic E-state index is -0.360. The molecule has 1 aromatic carbocycles. The summed E-state index contributed by atoms with van der Waals surface area (Å²) in [4.78, 5) is 12.0. The van der Waals surface area contributed by atoms with Gasteiger partial charge in [0.15, 0.2) is 0 Å². The van der Waals surface area contributed by atoms with Crippen LogP contribution in [0.15, 0.2) is 30.3 Å². The Balaban J connectivity index is 1.49. The summed E-state index contributed by atoms with van der Waals surface area (Å²) in [5, 5.41) is 9.50. The van der Waals surface area contributed by atoms with Gasteiger partial charge in [-0.05, 0) is 31.0 Å². The summed E-state index contributed by atoms with van der Waals surface area (Å²) in [5.74, 6) is -0.195. The largest absolute Gasteiger partial charge is 0.487 e. The fourth-order valence-corrected chi connectivity index (χ4v) is 2.37. The Labute approximate surface area is 133 Å². The Morgan fingerprint density at radius 1 is 1.48 bits per heavy atom. The van der Waals surface area contributed by atoms with Gasteiger partial charge in [-0.25, -0.2) is 4.39 Å². The molecule has 2 N–H and O–H groups in total. The number of nitrogens with one attached hydrogen (secondary N) is 2. The van der Waals surface area contributed by atoms with E-state index in [4.69, 9.17) is 9.47 Å². The van der Waals surface area contributed by atoms with Crippen LogP contribution in [0.2, 0.25) is 0 Å². The van der Waals surface area contributed by atoms with Gasteiger partial charge in [0.05, 0.1) is 11.8 Å². The second kappa shape index (κ2) is 7.23. The van der Waals surface area contributed by atoms with E-state index in [1.807, 2.05) is 0 Å². The summed E-state index contributed by atoms with van der Waals surface area (Å²) < 4.78 is 23.9. The summed E-state index contributed by atoms with van der Waals surface area (Å²) in [6, 6.07) is 7.49. The third-order valence-corrected chi connectivity index (χ3v) is 3.57. The quantitative estimate of drug-likeness (QED) is 0.854. The molecule has 1 saturated heterocycles. The predicted molar refractivity (Wildman–Crippen MR) is 80.6 cm³/mol. The molecule has 1 fully saturated rings. The highest BCUT2D eigenvalue weighted by Gasteiger charge is 2.17. The van der Waals surface area contributed by atoms with E-state index in [2.05, 4.69) is 15.5 Å². The van der Waals surface area contributed by atoms with Crippen LogP contribution < -0.4 is 10.1 Å². The number of benzene rings is 1. The smallest absolute Gasteiger partial charge is 0.271 e. The van der Waals surface area contributed by atoms with Gasteiger partial charge in [-0.2, -0.15) is 5.10 Å². The van der Waals surface area contributed by atoms with Crippen LogP contribution in [0.25, 0.3) is 0 Å². The Morgan fingerprint density at radius 2 is 2.39 bits per heavy atom. The van der Waals surface area contributed by atoms with E-state index in [0.717, 1.165) is 19.4 Å². The van der Waals surface area contributed by atoms with E-state index in [0.29, 0.717) is 23.7 Å². The molecule has 1 atom stereocenters. The van der Waals surface area contributed by atoms with E-state index < -0.39 is 0 Å². The molecule has 0 aliphatic carbocycles. The topological polar surface area (TPSA) is 76.2 Å². The molecule has 7 heteroatoms. The molecule has 0 bridgehead atoms. The molecule has 122 valence electrons. The van der Waals surface area contributed by atoms with Crippen LogP contribution in [-0.2, 0) is 11.3 Å². The number of aromatic amines is 1. The van der Waals surface area contributed by atoms with Gasteiger partial charge < -0.3 is 14.8 Å². The zero-order valence-electron chi connectivity index (χ0n) is 12.5. The third kappa shape index (κ3) is 4.29. The Hall–Kier alpha value is -2.41. The second-order valence-electron chi connectivity index (χ2n) is 5.37. The first-order valence-corrected chi connectivity index (χ1v) is 7.53. The summed E-state index contributed by atoms with van der Waals surface area (Å²) in [7, 11) is 0. The van der Waals surface area contributed by atoms with Gasteiger partial charge in [0.1, 0.15) is 23.9 Å². The number of halogens is 1. The molecule has 0 saturated carbocycles. The number of carbonyl (C=O) groups is 1. The predicted octanol–water partition coefficient (Wildman–Crippen LogP) is 2.04. The third-order valence-electron chi connectivity index (χ3n) is 3.57. The van der Waals surface area contributed by atoms with E-state index >= 15 is 0 Å². The van der Waals surface area contributed by atoms with Gasteiger partial charge in [0, 0.05) is 19.2 Å². The molecule has 1 amide bonds. The monoisotopic (exact) mass is 319 g/mol. The van der Waals surface area contributed by atoms with Crippen LogP contribution in [0, 0.1) is 5.82 Å². The number of rotatable bonds is 6. The summed E-state index contributed by atoms with van der Waals surface area (Å²) in [6.07, 6.45) is 2.09. The first kappa shape index (κ1) is 15.5. The maximum absolute atomic E-state index is 13.1. The molecule has 2 heterocycles. The molecule has 3 rings (SSSR count). The number of hydrogen-bond acceptors (Lipinski definition) is 4. The second-order valence-corrected chi connectivity index (χ2v) is 5.37. The average molecular weight is 319 g/mol. The molecule has 1 aromatic heterocycles. The highest BCUT2D eigenvalue weighted by molar-refractivity contribution is 5.92. The molecular formula is C16H18FN3O3. The van der Waals surface area contributed by atoms with Crippen LogP contribution in [0.4, 0.5) is 4.39 Å². The Kier molecular flexibility index (Phi) is 4.87. The van der Waals surface area contributed by atoms with Crippen LogP contribution in [-0.4, -0.2) is 35.4 Å². The van der Waals surface area contributed by atoms with Crippen molar-refractivity contribution in [3.05, 3.63) is 47.5 Å². The maximum Gasteiger partial charge on any atom is 0.271 e. The zero-order chi connectivity index (χ0) is 16.1. The molecule has 6 nitrogen and oxygen atoms in total. The SMILES string of the molecule is O=C(NC[C@@H]1CCCO1)c1cc(COc2cccc(F)c2)[nH]n1. The standard InChI is InChI=1S/C16H18FN3O3/c17-11-3-1-4-13(7-11)23-10-12-8-15(20-19-12)16(21)18-9-14-5-2-6-22-14/h1,3-4,7-8,14H,2,5-6,9-10H2,(H,18,21)(H,19,20)/t14-/m0/s1. The molecule has 1 aliphatic rings. The Bertz CT molecular complexity index is 668. The van der Waals surface area contributed by atoms with Crippen molar-refractivity contribution in [2.24, 2.45) is 0 Å². The van der Waals surface area contributed by atoms with E-state index in [-0.39, 0.29) is 24.4 Å². The van der Waals surface area contributed by atoms with E-state index in [9.17, 15) is 9.18 Å². The van der Waals surface area contributed by atoms with Gasteiger partial charge in [-0.1, -0.05) is 6.07 Å². The van der Waals surface area contributed by atoms with E-state index in [1.165, 1.54) is 12.1 Å². The summed E-state index contributed by atoms with van der Waals surface area (Å²) >= 11 is 0. The number of ether oxygens (including phenoxy) is 2. The lowest BCUT2D eigenvalue weighted by atomic mass is 10.2. The van der Waals surface area contributed by atoms with Crippen molar-refractivity contribution in [3.63, 3.8) is 0 Å². The number of H-pyrrole nitrogens is 1. The van der Waals surface area contributed by atoms with Gasteiger partial charge in [-0.15, -0.1) is 0 Å². The average Bonchev–Trinajstić information content (AvgIpc) is 3.22. The molecule has 0 spiro atoms. The van der Waals surface area contributed by atoms with Crippen molar-refractivity contribution in [3.8, 4) is 5.75 Å². The van der Waals surface area contributed by atoms with Crippen molar-refractivity contribution in [1.29, 1.82) is 0 Å². The minimum absolute atomic E-state index is 0.0914.